The SMILES string of the molecule is Cc1cnc2c(c1)NCC(C(C)C)S2. The van der Waals surface area contributed by atoms with Crippen molar-refractivity contribution in [3.63, 3.8) is 0 Å². The Morgan fingerprint density at radius 2 is 2.36 bits per heavy atom. The van der Waals surface area contributed by atoms with Crippen LogP contribution >= 0.6 is 11.8 Å². The lowest BCUT2D eigenvalue weighted by atomic mass is 10.1. The Labute approximate surface area is 89.5 Å². The van der Waals surface area contributed by atoms with Crippen molar-refractivity contribution in [3.05, 3.63) is 17.8 Å². The number of thioether (sulfide) groups is 1. The Morgan fingerprint density at radius 1 is 1.57 bits per heavy atom. The van der Waals surface area contributed by atoms with E-state index in [9.17, 15) is 0 Å². The maximum atomic E-state index is 4.45. The highest BCUT2D eigenvalue weighted by atomic mass is 32.2. The summed E-state index contributed by atoms with van der Waals surface area (Å²) in [5.74, 6) is 0.698. The number of aromatic nitrogens is 1. The predicted molar refractivity (Wildman–Crippen MR) is 61.9 cm³/mol. The van der Waals surface area contributed by atoms with Crippen LogP contribution < -0.4 is 5.32 Å². The summed E-state index contributed by atoms with van der Waals surface area (Å²) in [6.07, 6.45) is 1.94. The number of fused-ring (bicyclic) bond motifs is 1. The van der Waals surface area contributed by atoms with Gasteiger partial charge in [-0.3, -0.25) is 0 Å². The molecule has 1 aromatic heterocycles. The lowest BCUT2D eigenvalue weighted by Crippen LogP contribution is -2.26. The Morgan fingerprint density at radius 3 is 3.07 bits per heavy atom. The quantitative estimate of drug-likeness (QED) is 0.768. The van der Waals surface area contributed by atoms with Gasteiger partial charge in [-0.25, -0.2) is 4.98 Å². The first-order valence-electron chi connectivity index (χ1n) is 5.04. The van der Waals surface area contributed by atoms with E-state index in [-0.39, 0.29) is 0 Å². The Balaban J connectivity index is 2.23. The van der Waals surface area contributed by atoms with E-state index in [1.807, 2.05) is 18.0 Å². The van der Waals surface area contributed by atoms with Crippen LogP contribution in [-0.2, 0) is 0 Å². The fraction of sp³-hybridized carbons (Fsp3) is 0.545. The minimum atomic E-state index is 0.651. The molecular formula is C11H16N2S. The number of nitrogens with one attached hydrogen (secondary N) is 1. The summed E-state index contributed by atoms with van der Waals surface area (Å²) in [6.45, 7) is 7.66. The molecule has 0 radical (unpaired) electrons. The number of nitrogens with zero attached hydrogens (tertiary/aromatic N) is 1. The lowest BCUT2D eigenvalue weighted by Gasteiger charge is -2.27. The number of rotatable bonds is 1. The molecule has 0 saturated carbocycles. The third-order valence-corrected chi connectivity index (χ3v) is 4.05. The smallest absolute Gasteiger partial charge is 0.119 e. The predicted octanol–water partition coefficient (Wildman–Crippen LogP) is 2.93. The molecule has 3 heteroatoms. The van der Waals surface area contributed by atoms with Crippen molar-refractivity contribution in [1.29, 1.82) is 0 Å². The molecule has 0 amide bonds. The summed E-state index contributed by atoms with van der Waals surface area (Å²) in [7, 11) is 0. The van der Waals surface area contributed by atoms with Gasteiger partial charge in [0.2, 0.25) is 0 Å². The molecule has 2 rings (SSSR count). The average molecular weight is 208 g/mol. The lowest BCUT2D eigenvalue weighted by molar-refractivity contribution is 0.618. The molecule has 0 saturated heterocycles. The van der Waals surface area contributed by atoms with Crippen LogP contribution in [0.4, 0.5) is 5.69 Å². The van der Waals surface area contributed by atoms with Gasteiger partial charge >= 0.3 is 0 Å². The molecule has 1 aromatic rings. The molecule has 14 heavy (non-hydrogen) atoms. The fourth-order valence-electron chi connectivity index (χ4n) is 1.54. The maximum absolute atomic E-state index is 4.45. The van der Waals surface area contributed by atoms with Gasteiger partial charge in [-0.05, 0) is 24.5 Å². The second-order valence-corrected chi connectivity index (χ2v) is 5.37. The van der Waals surface area contributed by atoms with E-state index < -0.39 is 0 Å². The van der Waals surface area contributed by atoms with Crippen molar-refractivity contribution in [2.24, 2.45) is 5.92 Å². The summed E-state index contributed by atoms with van der Waals surface area (Å²) in [5.41, 5.74) is 2.42. The van der Waals surface area contributed by atoms with Crippen molar-refractivity contribution in [1.82, 2.24) is 4.98 Å². The minimum Gasteiger partial charge on any atom is -0.382 e. The molecule has 1 aliphatic heterocycles. The van der Waals surface area contributed by atoms with E-state index in [0.717, 1.165) is 11.6 Å². The van der Waals surface area contributed by atoms with E-state index in [1.165, 1.54) is 11.3 Å². The molecule has 1 atom stereocenters. The van der Waals surface area contributed by atoms with Crippen LogP contribution in [-0.4, -0.2) is 16.8 Å². The first-order chi connectivity index (χ1) is 6.66. The molecule has 2 heterocycles. The summed E-state index contributed by atoms with van der Waals surface area (Å²) in [4.78, 5) is 4.45. The number of pyridine rings is 1. The zero-order chi connectivity index (χ0) is 10.1. The van der Waals surface area contributed by atoms with Crippen LogP contribution in [0.15, 0.2) is 17.3 Å². The largest absolute Gasteiger partial charge is 0.382 e. The minimum absolute atomic E-state index is 0.651. The van der Waals surface area contributed by atoms with Gasteiger partial charge in [0.25, 0.3) is 0 Å². The number of aryl methyl sites for hydroxylation is 1. The van der Waals surface area contributed by atoms with Crippen molar-refractivity contribution in [2.75, 3.05) is 11.9 Å². The molecule has 0 aliphatic carbocycles. The summed E-state index contributed by atoms with van der Waals surface area (Å²) in [6, 6.07) is 2.17. The Hall–Kier alpha value is -0.700. The molecule has 1 unspecified atom stereocenters. The summed E-state index contributed by atoms with van der Waals surface area (Å²) in [5, 5.41) is 5.26. The molecule has 76 valence electrons. The second kappa shape index (κ2) is 3.81. The van der Waals surface area contributed by atoms with Gasteiger partial charge in [0, 0.05) is 18.0 Å². The fourth-order valence-corrected chi connectivity index (χ4v) is 2.64. The second-order valence-electron chi connectivity index (χ2n) is 4.15. The first kappa shape index (κ1) is 9.84. The molecule has 1 aliphatic rings. The van der Waals surface area contributed by atoms with Crippen LogP contribution in [0.1, 0.15) is 19.4 Å². The number of hydrogen-bond acceptors (Lipinski definition) is 3. The number of hydrogen-bond donors (Lipinski definition) is 1. The Kier molecular flexibility index (Phi) is 2.68. The van der Waals surface area contributed by atoms with E-state index in [1.54, 1.807) is 0 Å². The normalized spacial score (nSPS) is 20.4. The van der Waals surface area contributed by atoms with Crippen molar-refractivity contribution in [3.8, 4) is 0 Å². The third kappa shape index (κ3) is 1.87. The monoisotopic (exact) mass is 208 g/mol. The van der Waals surface area contributed by atoms with E-state index >= 15 is 0 Å². The molecule has 2 nitrogen and oxygen atoms in total. The molecule has 0 aromatic carbocycles. The average Bonchev–Trinajstić information content (AvgIpc) is 2.16. The Bertz CT molecular complexity index is 336. The van der Waals surface area contributed by atoms with Crippen LogP contribution in [0.3, 0.4) is 0 Å². The molecular weight excluding hydrogens is 192 g/mol. The van der Waals surface area contributed by atoms with Gasteiger partial charge in [0.15, 0.2) is 0 Å². The third-order valence-electron chi connectivity index (χ3n) is 2.49. The number of anilines is 1. The highest BCUT2D eigenvalue weighted by Gasteiger charge is 2.22. The topological polar surface area (TPSA) is 24.9 Å². The van der Waals surface area contributed by atoms with Gasteiger partial charge in [0.05, 0.1) is 5.69 Å². The molecule has 0 spiro atoms. The standard InChI is InChI=1S/C11H16N2S/c1-7(2)10-6-12-9-4-8(3)5-13-11(9)14-10/h4-5,7,10,12H,6H2,1-3H3. The van der Waals surface area contributed by atoms with Crippen LogP contribution in [0.5, 0.6) is 0 Å². The van der Waals surface area contributed by atoms with Crippen molar-refractivity contribution in [2.45, 2.75) is 31.0 Å². The first-order valence-corrected chi connectivity index (χ1v) is 5.92. The van der Waals surface area contributed by atoms with Crippen molar-refractivity contribution < 1.29 is 0 Å². The molecule has 0 bridgehead atoms. The van der Waals surface area contributed by atoms with Gasteiger partial charge < -0.3 is 5.32 Å². The van der Waals surface area contributed by atoms with Gasteiger partial charge in [-0.2, -0.15) is 0 Å². The van der Waals surface area contributed by atoms with Gasteiger partial charge in [-0.15, -0.1) is 0 Å². The van der Waals surface area contributed by atoms with Crippen LogP contribution in [0.25, 0.3) is 0 Å². The zero-order valence-electron chi connectivity index (χ0n) is 8.87. The maximum Gasteiger partial charge on any atom is 0.119 e. The summed E-state index contributed by atoms with van der Waals surface area (Å²) < 4.78 is 0. The van der Waals surface area contributed by atoms with Gasteiger partial charge in [-0.1, -0.05) is 25.6 Å². The summed E-state index contributed by atoms with van der Waals surface area (Å²) >= 11 is 1.90. The van der Waals surface area contributed by atoms with Crippen LogP contribution in [0, 0.1) is 12.8 Å². The van der Waals surface area contributed by atoms with Gasteiger partial charge in [0.1, 0.15) is 5.03 Å². The van der Waals surface area contributed by atoms with Crippen LogP contribution in [0.2, 0.25) is 0 Å². The molecule has 0 fully saturated rings. The highest BCUT2D eigenvalue weighted by molar-refractivity contribution is 8.00. The zero-order valence-corrected chi connectivity index (χ0v) is 9.69. The van der Waals surface area contributed by atoms with Crippen molar-refractivity contribution >= 4 is 17.4 Å². The highest BCUT2D eigenvalue weighted by Crippen LogP contribution is 2.36. The van der Waals surface area contributed by atoms with E-state index in [4.69, 9.17) is 0 Å². The van der Waals surface area contributed by atoms with E-state index in [0.29, 0.717) is 11.2 Å². The van der Waals surface area contributed by atoms with E-state index in [2.05, 4.69) is 37.1 Å². The molecule has 1 N–H and O–H groups in total.